The number of benzene rings is 1. The number of hydrogen-bond donors (Lipinski definition) is 1. The average Bonchev–Trinajstić information content (AvgIpc) is 2.27. The van der Waals surface area contributed by atoms with Crippen molar-refractivity contribution in [1.82, 2.24) is 5.32 Å². The third kappa shape index (κ3) is 5.65. The third-order valence-electron chi connectivity index (χ3n) is 3.20. The highest BCUT2D eigenvalue weighted by Gasteiger charge is 2.19. The summed E-state index contributed by atoms with van der Waals surface area (Å²) in [6, 6.07) is 6.38. The lowest BCUT2D eigenvalue weighted by Gasteiger charge is -2.28. The molecule has 2 nitrogen and oxygen atoms in total. The maximum atomic E-state index is 6.22. The number of ether oxygens (including phenoxy) is 1. The molecule has 0 amide bonds. The summed E-state index contributed by atoms with van der Waals surface area (Å²) in [7, 11) is 0. The van der Waals surface area contributed by atoms with Crippen LogP contribution in [0.4, 0.5) is 0 Å². The Morgan fingerprint density at radius 1 is 1.16 bits per heavy atom. The molecule has 108 valence electrons. The van der Waals surface area contributed by atoms with Crippen LogP contribution < -0.4 is 10.1 Å². The first-order valence-electron chi connectivity index (χ1n) is 7.18. The predicted octanol–water partition coefficient (Wildman–Crippen LogP) is 4.09. The molecular weight excluding hydrogens is 234 g/mol. The van der Waals surface area contributed by atoms with E-state index >= 15 is 0 Å². The van der Waals surface area contributed by atoms with Gasteiger partial charge in [-0.15, -0.1) is 0 Å². The Hall–Kier alpha value is -1.02. The molecule has 0 heterocycles. The van der Waals surface area contributed by atoms with Gasteiger partial charge in [0.1, 0.15) is 11.9 Å². The SMILES string of the molecule is Cc1ccc(C)c(OC(CNC(C)(C)C)C(C)C)c1. The fourth-order valence-electron chi connectivity index (χ4n) is 1.82. The first kappa shape index (κ1) is 16.0. The van der Waals surface area contributed by atoms with Gasteiger partial charge in [-0.05, 0) is 57.7 Å². The molecule has 0 fully saturated rings. The predicted molar refractivity (Wildman–Crippen MR) is 82.9 cm³/mol. The summed E-state index contributed by atoms with van der Waals surface area (Å²) < 4.78 is 6.22. The summed E-state index contributed by atoms with van der Waals surface area (Å²) in [5, 5.41) is 3.53. The van der Waals surface area contributed by atoms with Crippen molar-refractivity contribution < 1.29 is 4.74 Å². The highest BCUT2D eigenvalue weighted by atomic mass is 16.5. The molecule has 1 aromatic carbocycles. The normalized spacial score (nSPS) is 13.7. The van der Waals surface area contributed by atoms with E-state index in [1.54, 1.807) is 0 Å². The topological polar surface area (TPSA) is 21.3 Å². The molecule has 0 radical (unpaired) electrons. The summed E-state index contributed by atoms with van der Waals surface area (Å²) in [4.78, 5) is 0. The van der Waals surface area contributed by atoms with Crippen molar-refractivity contribution in [3.63, 3.8) is 0 Å². The van der Waals surface area contributed by atoms with Crippen LogP contribution in [0.1, 0.15) is 45.7 Å². The standard InChI is InChI=1S/C17H29NO/c1-12(2)16(11-18-17(5,6)7)19-15-10-13(3)8-9-14(15)4/h8-10,12,16,18H,11H2,1-7H3. The molecule has 1 rings (SSSR count). The Balaban J connectivity index is 2.75. The lowest BCUT2D eigenvalue weighted by molar-refractivity contribution is 0.139. The van der Waals surface area contributed by atoms with Gasteiger partial charge in [0, 0.05) is 12.1 Å². The van der Waals surface area contributed by atoms with E-state index in [-0.39, 0.29) is 11.6 Å². The van der Waals surface area contributed by atoms with E-state index < -0.39 is 0 Å². The Labute approximate surface area is 118 Å². The second kappa shape index (κ2) is 6.42. The number of nitrogens with one attached hydrogen (secondary N) is 1. The molecule has 0 aromatic heterocycles. The van der Waals surface area contributed by atoms with Crippen molar-refractivity contribution in [3.8, 4) is 5.75 Å². The molecule has 1 N–H and O–H groups in total. The molecule has 1 atom stereocenters. The number of hydrogen-bond acceptors (Lipinski definition) is 2. The van der Waals surface area contributed by atoms with Gasteiger partial charge >= 0.3 is 0 Å². The van der Waals surface area contributed by atoms with Crippen LogP contribution in [-0.4, -0.2) is 18.2 Å². The largest absolute Gasteiger partial charge is 0.489 e. The summed E-state index contributed by atoms with van der Waals surface area (Å²) in [5.41, 5.74) is 2.57. The highest BCUT2D eigenvalue weighted by molar-refractivity contribution is 5.36. The van der Waals surface area contributed by atoms with Gasteiger partial charge in [0.05, 0.1) is 0 Å². The van der Waals surface area contributed by atoms with E-state index in [9.17, 15) is 0 Å². The Morgan fingerprint density at radius 3 is 2.32 bits per heavy atom. The minimum atomic E-state index is 0.123. The second-order valence-corrected chi connectivity index (χ2v) is 6.80. The van der Waals surface area contributed by atoms with Gasteiger partial charge in [-0.2, -0.15) is 0 Å². The zero-order valence-corrected chi connectivity index (χ0v) is 13.5. The van der Waals surface area contributed by atoms with Crippen LogP contribution in [0.5, 0.6) is 5.75 Å². The van der Waals surface area contributed by atoms with Crippen LogP contribution in [-0.2, 0) is 0 Å². The van der Waals surface area contributed by atoms with Crippen LogP contribution in [0.3, 0.4) is 0 Å². The molecule has 0 aliphatic heterocycles. The molecule has 1 aromatic rings. The third-order valence-corrected chi connectivity index (χ3v) is 3.20. The van der Waals surface area contributed by atoms with Gasteiger partial charge < -0.3 is 10.1 Å². The van der Waals surface area contributed by atoms with Crippen molar-refractivity contribution in [1.29, 1.82) is 0 Å². The Bertz CT molecular complexity index is 404. The molecule has 0 bridgehead atoms. The zero-order chi connectivity index (χ0) is 14.6. The van der Waals surface area contributed by atoms with E-state index in [2.05, 4.69) is 72.0 Å². The highest BCUT2D eigenvalue weighted by Crippen LogP contribution is 2.22. The van der Waals surface area contributed by atoms with Gasteiger partial charge in [0.25, 0.3) is 0 Å². The quantitative estimate of drug-likeness (QED) is 0.863. The molecule has 0 saturated carbocycles. The van der Waals surface area contributed by atoms with E-state index in [1.165, 1.54) is 11.1 Å². The zero-order valence-electron chi connectivity index (χ0n) is 13.5. The second-order valence-electron chi connectivity index (χ2n) is 6.80. The smallest absolute Gasteiger partial charge is 0.122 e. The molecule has 0 aliphatic rings. The first-order chi connectivity index (χ1) is 8.69. The van der Waals surface area contributed by atoms with Crippen LogP contribution in [0, 0.1) is 19.8 Å². The lowest BCUT2D eigenvalue weighted by Crippen LogP contribution is -2.44. The van der Waals surface area contributed by atoms with E-state index in [4.69, 9.17) is 4.74 Å². The van der Waals surface area contributed by atoms with E-state index in [1.807, 2.05) is 0 Å². The summed E-state index contributed by atoms with van der Waals surface area (Å²) in [6.45, 7) is 16.0. The maximum Gasteiger partial charge on any atom is 0.122 e. The summed E-state index contributed by atoms with van der Waals surface area (Å²) >= 11 is 0. The fourth-order valence-corrected chi connectivity index (χ4v) is 1.82. The maximum absolute atomic E-state index is 6.22. The summed E-state index contributed by atoms with van der Waals surface area (Å²) in [6.07, 6.45) is 0.194. The Kier molecular flexibility index (Phi) is 5.42. The van der Waals surface area contributed by atoms with Gasteiger partial charge in [0.15, 0.2) is 0 Å². The van der Waals surface area contributed by atoms with Gasteiger partial charge in [-0.1, -0.05) is 26.0 Å². The van der Waals surface area contributed by atoms with Crippen LogP contribution >= 0.6 is 0 Å². The first-order valence-corrected chi connectivity index (χ1v) is 7.18. The molecule has 1 unspecified atom stereocenters. The lowest BCUT2D eigenvalue weighted by atomic mass is 10.0. The molecule has 0 aliphatic carbocycles. The minimum absolute atomic E-state index is 0.123. The molecule has 0 spiro atoms. The van der Waals surface area contributed by atoms with Gasteiger partial charge in [-0.25, -0.2) is 0 Å². The molecule has 19 heavy (non-hydrogen) atoms. The van der Waals surface area contributed by atoms with Crippen LogP contribution in [0.25, 0.3) is 0 Å². The van der Waals surface area contributed by atoms with Crippen LogP contribution in [0.2, 0.25) is 0 Å². The monoisotopic (exact) mass is 263 g/mol. The van der Waals surface area contributed by atoms with Crippen LogP contribution in [0.15, 0.2) is 18.2 Å². The van der Waals surface area contributed by atoms with Gasteiger partial charge in [-0.3, -0.25) is 0 Å². The molecule has 0 saturated heterocycles. The number of aryl methyl sites for hydroxylation is 2. The fraction of sp³-hybridized carbons (Fsp3) is 0.647. The average molecular weight is 263 g/mol. The molecule has 2 heteroatoms. The number of rotatable bonds is 5. The minimum Gasteiger partial charge on any atom is -0.489 e. The van der Waals surface area contributed by atoms with Crippen molar-refractivity contribution in [2.24, 2.45) is 5.92 Å². The molecular formula is C17H29NO. The van der Waals surface area contributed by atoms with Crippen molar-refractivity contribution in [3.05, 3.63) is 29.3 Å². The van der Waals surface area contributed by atoms with Crippen molar-refractivity contribution >= 4 is 0 Å². The van der Waals surface area contributed by atoms with E-state index in [0.29, 0.717) is 5.92 Å². The van der Waals surface area contributed by atoms with Gasteiger partial charge in [0.2, 0.25) is 0 Å². The van der Waals surface area contributed by atoms with E-state index in [0.717, 1.165) is 12.3 Å². The summed E-state index contributed by atoms with van der Waals surface area (Å²) in [5.74, 6) is 1.49. The van der Waals surface area contributed by atoms with Crippen molar-refractivity contribution in [2.45, 2.75) is 60.1 Å². The Morgan fingerprint density at radius 2 is 1.79 bits per heavy atom. The van der Waals surface area contributed by atoms with Crippen molar-refractivity contribution in [2.75, 3.05) is 6.54 Å².